The lowest BCUT2D eigenvalue weighted by molar-refractivity contribution is 0.00774. The van der Waals surface area contributed by atoms with Gasteiger partial charge in [0.15, 0.2) is 5.82 Å². The van der Waals surface area contributed by atoms with E-state index in [1.807, 2.05) is 30.6 Å². The molecule has 4 fully saturated rings. The van der Waals surface area contributed by atoms with Crippen LogP contribution in [0.25, 0.3) is 37.7 Å². The Morgan fingerprint density at radius 3 is 2.51 bits per heavy atom. The summed E-state index contributed by atoms with van der Waals surface area (Å²) in [7, 11) is 0. The summed E-state index contributed by atoms with van der Waals surface area (Å²) in [6.07, 6.45) is 0.108. The fraction of sp³-hybridized carbons (Fsp3) is 0.489. The van der Waals surface area contributed by atoms with E-state index in [2.05, 4.69) is 18.0 Å². The standard InChI is InChI=1S/C45H46ClF4N7O5S/c1-21-15-28-27-12-9-23(57(27)42(59)62-44(5,6)7)19-56(28)38-32-29(21)33(46)31(24-10-11-26(47)36-30(24)25(17-51)39(63-36)54-41(58)61-43(2,3)4)34(48)35(32)52-40(53-38)60-20-45-13-8-14-55(45)18-22(16-45)37(49)50/h10-11,23,27-28H,1,8-9,12-16,18-20H2,2-7H3,(H,54,58)/t23-,27?,28-,45+/m1/s1. The number of fused-ring (bicyclic) bond motifs is 7. The molecule has 63 heavy (non-hydrogen) atoms. The van der Waals surface area contributed by atoms with Crippen molar-refractivity contribution in [2.75, 3.05) is 36.5 Å². The van der Waals surface area contributed by atoms with Crippen molar-refractivity contribution in [3.8, 4) is 23.2 Å². The molecular formula is C45H46ClF4N7O5S. The first-order chi connectivity index (χ1) is 29.7. The van der Waals surface area contributed by atoms with Gasteiger partial charge in [0.25, 0.3) is 6.08 Å². The van der Waals surface area contributed by atoms with Crippen molar-refractivity contribution in [1.29, 1.82) is 5.26 Å². The van der Waals surface area contributed by atoms with E-state index in [4.69, 9.17) is 35.8 Å². The average Bonchev–Trinajstić information content (AvgIpc) is 3.92. The van der Waals surface area contributed by atoms with Crippen LogP contribution in [0.5, 0.6) is 6.01 Å². The summed E-state index contributed by atoms with van der Waals surface area (Å²) in [4.78, 5) is 42.1. The summed E-state index contributed by atoms with van der Waals surface area (Å²) >= 11 is 8.19. The number of anilines is 2. The number of hydrogen-bond acceptors (Lipinski definition) is 11. The number of carbonyl (C=O) groups excluding carboxylic acids is 2. The van der Waals surface area contributed by atoms with Gasteiger partial charge in [-0.05, 0) is 104 Å². The van der Waals surface area contributed by atoms with Crippen LogP contribution >= 0.6 is 22.9 Å². The van der Waals surface area contributed by atoms with E-state index < -0.39 is 52.7 Å². The molecule has 2 aromatic heterocycles. The summed E-state index contributed by atoms with van der Waals surface area (Å²) in [5, 5.41) is 13.3. The molecule has 0 aliphatic carbocycles. The van der Waals surface area contributed by atoms with Crippen LogP contribution in [0, 0.1) is 23.0 Å². The van der Waals surface area contributed by atoms with Gasteiger partial charge < -0.3 is 19.1 Å². The second kappa shape index (κ2) is 15.2. The van der Waals surface area contributed by atoms with Crippen molar-refractivity contribution in [3.05, 3.63) is 58.1 Å². The highest BCUT2D eigenvalue weighted by Gasteiger charge is 2.52. The third-order valence-corrected chi connectivity index (χ3v) is 14.1. The van der Waals surface area contributed by atoms with Gasteiger partial charge in [0.05, 0.1) is 44.3 Å². The maximum atomic E-state index is 17.9. The zero-order valence-corrected chi connectivity index (χ0v) is 37.3. The predicted octanol–water partition coefficient (Wildman–Crippen LogP) is 10.8. The van der Waals surface area contributed by atoms with E-state index in [0.29, 0.717) is 49.3 Å². The smallest absolute Gasteiger partial charge is 0.412 e. The number of piperazine rings is 1. The second-order valence-corrected chi connectivity index (χ2v) is 20.5. The zero-order chi connectivity index (χ0) is 45.1. The molecule has 2 bridgehead atoms. The Morgan fingerprint density at radius 1 is 1.06 bits per heavy atom. The summed E-state index contributed by atoms with van der Waals surface area (Å²) in [5.41, 5.74) is -1.91. The SMILES string of the molecule is C=C1C[C@@H]2C3CC[C@H](CN2c2nc(OC[C@@]45CCCN4CC(=C(F)F)C5)nc4c(F)c(-c5ccc(F)c6sc(NC(=O)OC(C)(C)C)c(C#N)c56)c(Cl)c1c24)N3C(=O)OC(C)(C)C. The Kier molecular flexibility index (Phi) is 10.4. The molecule has 18 heteroatoms. The molecule has 4 aromatic rings. The molecule has 9 rings (SSSR count). The van der Waals surface area contributed by atoms with E-state index in [9.17, 15) is 23.6 Å². The number of ether oxygens (including phenoxy) is 3. The van der Waals surface area contributed by atoms with E-state index in [1.165, 1.54) is 6.07 Å². The first-order valence-corrected chi connectivity index (χ1v) is 22.1. The molecule has 332 valence electrons. The summed E-state index contributed by atoms with van der Waals surface area (Å²) in [6, 6.07) is 3.32. The lowest BCUT2D eigenvalue weighted by Crippen LogP contribution is -2.62. The van der Waals surface area contributed by atoms with Crippen molar-refractivity contribution >= 4 is 72.5 Å². The van der Waals surface area contributed by atoms with Gasteiger partial charge in [-0.3, -0.25) is 15.1 Å². The highest BCUT2D eigenvalue weighted by atomic mass is 35.5. The average molecular weight is 908 g/mol. The van der Waals surface area contributed by atoms with Crippen molar-refractivity contribution < 1.29 is 41.4 Å². The van der Waals surface area contributed by atoms with Gasteiger partial charge in [-0.25, -0.2) is 18.4 Å². The molecule has 7 heterocycles. The molecule has 1 unspecified atom stereocenters. The second-order valence-electron chi connectivity index (χ2n) is 19.1. The summed E-state index contributed by atoms with van der Waals surface area (Å²) in [5.74, 6) is -1.32. The zero-order valence-electron chi connectivity index (χ0n) is 35.7. The van der Waals surface area contributed by atoms with Crippen LogP contribution in [-0.4, -0.2) is 93.1 Å². The Bertz CT molecular complexity index is 2720. The Morgan fingerprint density at radius 2 is 1.81 bits per heavy atom. The predicted molar refractivity (Wildman–Crippen MR) is 232 cm³/mol. The first kappa shape index (κ1) is 43.1. The van der Waals surface area contributed by atoms with Gasteiger partial charge in [-0.15, -0.1) is 11.3 Å². The molecule has 4 saturated heterocycles. The molecule has 5 aliphatic rings. The number of carbonyl (C=O) groups is 2. The lowest BCUT2D eigenvalue weighted by Gasteiger charge is -2.47. The number of benzene rings is 2. The van der Waals surface area contributed by atoms with Gasteiger partial charge in [0, 0.05) is 35.2 Å². The van der Waals surface area contributed by atoms with E-state index >= 15 is 8.78 Å². The highest BCUT2D eigenvalue weighted by molar-refractivity contribution is 7.23. The third kappa shape index (κ3) is 7.31. The number of hydrogen-bond donors (Lipinski definition) is 1. The maximum absolute atomic E-state index is 17.9. The Labute approximate surface area is 370 Å². The van der Waals surface area contributed by atoms with Crippen LogP contribution in [0.2, 0.25) is 5.02 Å². The molecule has 0 spiro atoms. The number of halogens is 5. The Balaban J connectivity index is 1.22. The highest BCUT2D eigenvalue weighted by Crippen LogP contribution is 2.53. The van der Waals surface area contributed by atoms with Crippen molar-refractivity contribution in [2.45, 2.75) is 115 Å². The molecule has 0 saturated carbocycles. The maximum Gasteiger partial charge on any atom is 0.412 e. The first-order valence-electron chi connectivity index (χ1n) is 20.9. The minimum Gasteiger partial charge on any atom is -0.461 e. The molecule has 2 aromatic carbocycles. The quantitative estimate of drug-likeness (QED) is 0.193. The number of nitrogens with zero attached hydrogens (tertiary/aromatic N) is 6. The van der Waals surface area contributed by atoms with Crippen LogP contribution < -0.4 is 15.0 Å². The molecular weight excluding hydrogens is 862 g/mol. The van der Waals surface area contributed by atoms with E-state index in [1.54, 1.807) is 25.7 Å². The summed E-state index contributed by atoms with van der Waals surface area (Å²) < 4.78 is 79.2. The Hall–Kier alpha value is -5.18. The van der Waals surface area contributed by atoms with Crippen LogP contribution in [0.1, 0.15) is 91.2 Å². The minimum absolute atomic E-state index is 0.00683. The van der Waals surface area contributed by atoms with Crippen LogP contribution in [-0.2, 0) is 9.47 Å². The number of nitriles is 1. The molecule has 12 nitrogen and oxygen atoms in total. The van der Waals surface area contributed by atoms with Gasteiger partial charge in [-0.2, -0.15) is 24.0 Å². The largest absolute Gasteiger partial charge is 0.461 e. The van der Waals surface area contributed by atoms with E-state index in [-0.39, 0.29) is 97.4 Å². The lowest BCUT2D eigenvalue weighted by atomic mass is 9.90. The molecule has 0 radical (unpaired) electrons. The van der Waals surface area contributed by atoms with Crippen LogP contribution in [0.4, 0.5) is 38.0 Å². The monoisotopic (exact) mass is 907 g/mol. The number of rotatable bonds is 5. The van der Waals surface area contributed by atoms with Crippen LogP contribution in [0.3, 0.4) is 0 Å². The van der Waals surface area contributed by atoms with Gasteiger partial charge in [0.1, 0.15) is 46.0 Å². The van der Waals surface area contributed by atoms with E-state index in [0.717, 1.165) is 23.8 Å². The third-order valence-electron chi connectivity index (χ3n) is 12.7. The number of nitrogens with one attached hydrogen (secondary N) is 1. The number of thiophene rings is 1. The fourth-order valence-electron chi connectivity index (χ4n) is 10.2. The fourth-order valence-corrected chi connectivity index (χ4v) is 11.7. The van der Waals surface area contributed by atoms with Crippen LogP contribution in [0.15, 0.2) is 30.4 Å². The molecule has 1 N–H and O–H groups in total. The van der Waals surface area contributed by atoms with Crippen molar-refractivity contribution in [2.24, 2.45) is 0 Å². The van der Waals surface area contributed by atoms with Crippen molar-refractivity contribution in [1.82, 2.24) is 19.8 Å². The van der Waals surface area contributed by atoms with Gasteiger partial charge in [-0.1, -0.05) is 24.2 Å². The normalized spacial score (nSPS) is 23.2. The summed E-state index contributed by atoms with van der Waals surface area (Å²) in [6.45, 7) is 15.9. The van der Waals surface area contributed by atoms with Crippen molar-refractivity contribution in [3.63, 3.8) is 0 Å². The molecule has 5 aliphatic heterocycles. The van der Waals surface area contributed by atoms with Gasteiger partial charge in [0.2, 0.25) is 0 Å². The topological polar surface area (TPSA) is 133 Å². The van der Waals surface area contributed by atoms with Gasteiger partial charge >= 0.3 is 18.2 Å². The molecule has 4 atom stereocenters. The number of aromatic nitrogens is 2. The molecule has 2 amide bonds. The number of amides is 2. The minimum atomic E-state index is -1.70.